The fourth-order valence-electron chi connectivity index (χ4n) is 2.74. The molecule has 0 saturated heterocycles. The molecule has 0 radical (unpaired) electrons. The predicted octanol–water partition coefficient (Wildman–Crippen LogP) is 3.79. The summed E-state index contributed by atoms with van der Waals surface area (Å²) in [5.41, 5.74) is 1.27. The monoisotopic (exact) mass is 361 g/mol. The molecule has 0 aliphatic rings. The summed E-state index contributed by atoms with van der Waals surface area (Å²) in [6, 6.07) is 20.2. The van der Waals surface area contributed by atoms with E-state index in [9.17, 15) is 9.59 Å². The lowest BCUT2D eigenvalue weighted by molar-refractivity contribution is -0.136. The molecule has 0 heterocycles. The van der Waals surface area contributed by atoms with E-state index >= 15 is 0 Å². The maximum absolute atomic E-state index is 12.8. The van der Waals surface area contributed by atoms with Gasteiger partial charge in [-0.3, -0.25) is 4.79 Å². The maximum Gasteiger partial charge on any atom is 0.354 e. The van der Waals surface area contributed by atoms with Crippen LogP contribution in [0.1, 0.15) is 15.9 Å². The molecular formula is C22H19NO4. The highest BCUT2D eigenvalue weighted by Gasteiger charge is 2.16. The molecule has 1 amide bonds. The second-order valence-corrected chi connectivity index (χ2v) is 5.80. The average molecular weight is 361 g/mol. The summed E-state index contributed by atoms with van der Waals surface area (Å²) in [5, 5.41) is 4.43. The number of carbonyl (C=O) groups excluding carboxylic acids is 2. The fraction of sp³-hybridized carbons (Fsp3) is 0.0909. The smallest absolute Gasteiger partial charge is 0.354 e. The van der Waals surface area contributed by atoms with Crippen molar-refractivity contribution in [3.63, 3.8) is 0 Å². The lowest BCUT2D eigenvalue weighted by Crippen LogP contribution is -2.28. The van der Waals surface area contributed by atoms with Crippen molar-refractivity contribution in [3.8, 4) is 5.75 Å². The van der Waals surface area contributed by atoms with Gasteiger partial charge in [-0.05, 0) is 40.6 Å². The van der Waals surface area contributed by atoms with E-state index in [-0.39, 0.29) is 11.6 Å². The van der Waals surface area contributed by atoms with Crippen molar-refractivity contribution in [1.29, 1.82) is 0 Å². The number of nitrogens with one attached hydrogen (secondary N) is 1. The third-order valence-electron chi connectivity index (χ3n) is 4.11. The van der Waals surface area contributed by atoms with E-state index in [1.54, 1.807) is 43.5 Å². The minimum Gasteiger partial charge on any atom is -0.497 e. The molecule has 136 valence electrons. The van der Waals surface area contributed by atoms with E-state index < -0.39 is 5.97 Å². The number of esters is 1. The number of hydrogen-bond donors (Lipinski definition) is 1. The summed E-state index contributed by atoms with van der Waals surface area (Å²) < 4.78 is 9.93. The van der Waals surface area contributed by atoms with Crippen LogP contribution in [0.3, 0.4) is 0 Å². The summed E-state index contributed by atoms with van der Waals surface area (Å²) in [4.78, 5) is 24.9. The van der Waals surface area contributed by atoms with Crippen molar-refractivity contribution >= 4 is 28.7 Å². The summed E-state index contributed by atoms with van der Waals surface area (Å²) >= 11 is 0. The second kappa shape index (κ2) is 8.19. The van der Waals surface area contributed by atoms with Crippen LogP contribution in [0.4, 0.5) is 0 Å². The van der Waals surface area contributed by atoms with Gasteiger partial charge in [0.1, 0.15) is 11.4 Å². The van der Waals surface area contributed by atoms with Gasteiger partial charge in [0.25, 0.3) is 5.91 Å². The van der Waals surface area contributed by atoms with Crippen LogP contribution < -0.4 is 10.1 Å². The summed E-state index contributed by atoms with van der Waals surface area (Å²) in [7, 11) is 2.85. The van der Waals surface area contributed by atoms with E-state index in [1.165, 1.54) is 7.11 Å². The van der Waals surface area contributed by atoms with Crippen LogP contribution in [0.5, 0.6) is 5.75 Å². The predicted molar refractivity (Wildman–Crippen MR) is 104 cm³/mol. The van der Waals surface area contributed by atoms with Crippen LogP contribution in [0.2, 0.25) is 0 Å². The molecule has 0 unspecified atom stereocenters. The Kier molecular flexibility index (Phi) is 5.52. The van der Waals surface area contributed by atoms with Crippen molar-refractivity contribution in [2.45, 2.75) is 0 Å². The van der Waals surface area contributed by atoms with Crippen molar-refractivity contribution in [2.24, 2.45) is 0 Å². The first-order valence-corrected chi connectivity index (χ1v) is 8.35. The molecule has 0 atom stereocenters. The Balaban J connectivity index is 1.93. The number of amides is 1. The number of hydrogen-bond acceptors (Lipinski definition) is 4. The SMILES string of the molecule is COC(=O)C(=Cc1ccc(OC)cc1)NC(=O)c1cccc2ccccc12. The summed E-state index contributed by atoms with van der Waals surface area (Å²) in [5.74, 6) is -0.303. The fourth-order valence-corrected chi connectivity index (χ4v) is 2.74. The third kappa shape index (κ3) is 4.15. The third-order valence-corrected chi connectivity index (χ3v) is 4.11. The topological polar surface area (TPSA) is 64.6 Å². The normalized spacial score (nSPS) is 11.1. The Morgan fingerprint density at radius 1 is 0.889 bits per heavy atom. The number of rotatable bonds is 5. The first-order valence-electron chi connectivity index (χ1n) is 8.35. The van der Waals surface area contributed by atoms with Gasteiger partial charge in [0.05, 0.1) is 14.2 Å². The molecule has 3 aromatic carbocycles. The van der Waals surface area contributed by atoms with Gasteiger partial charge in [-0.2, -0.15) is 0 Å². The van der Waals surface area contributed by atoms with E-state index in [2.05, 4.69) is 5.32 Å². The van der Waals surface area contributed by atoms with Crippen LogP contribution in [-0.2, 0) is 9.53 Å². The lowest BCUT2D eigenvalue weighted by atomic mass is 10.0. The zero-order valence-electron chi connectivity index (χ0n) is 15.1. The minimum absolute atomic E-state index is 0.0561. The Hall–Kier alpha value is -3.60. The summed E-state index contributed by atoms with van der Waals surface area (Å²) in [6.45, 7) is 0. The molecule has 0 saturated carbocycles. The van der Waals surface area contributed by atoms with Gasteiger partial charge in [0.15, 0.2) is 0 Å². The molecular weight excluding hydrogens is 342 g/mol. The van der Waals surface area contributed by atoms with E-state index in [0.717, 1.165) is 16.3 Å². The number of methoxy groups -OCH3 is 2. The minimum atomic E-state index is -0.626. The first-order chi connectivity index (χ1) is 13.1. The van der Waals surface area contributed by atoms with Gasteiger partial charge in [-0.25, -0.2) is 4.79 Å². The molecule has 0 aromatic heterocycles. The van der Waals surface area contributed by atoms with E-state index in [1.807, 2.05) is 36.4 Å². The molecule has 3 rings (SSSR count). The van der Waals surface area contributed by atoms with Crippen molar-refractivity contribution in [1.82, 2.24) is 5.32 Å². The molecule has 1 N–H and O–H groups in total. The number of fused-ring (bicyclic) bond motifs is 1. The summed E-state index contributed by atoms with van der Waals surface area (Å²) in [6.07, 6.45) is 1.56. The molecule has 0 bridgehead atoms. The first kappa shape index (κ1) is 18.2. The molecule has 3 aromatic rings. The molecule has 5 nitrogen and oxygen atoms in total. The number of carbonyl (C=O) groups is 2. The Bertz CT molecular complexity index is 1000. The number of ether oxygens (including phenoxy) is 2. The van der Waals surface area contributed by atoms with Crippen LogP contribution in [-0.4, -0.2) is 26.1 Å². The highest BCUT2D eigenvalue weighted by atomic mass is 16.5. The van der Waals surface area contributed by atoms with Gasteiger partial charge in [-0.15, -0.1) is 0 Å². The molecule has 0 aliphatic heterocycles. The Labute approximate surface area is 157 Å². The van der Waals surface area contributed by atoms with Crippen molar-refractivity contribution in [2.75, 3.05) is 14.2 Å². The van der Waals surface area contributed by atoms with Crippen molar-refractivity contribution < 1.29 is 19.1 Å². The molecule has 0 spiro atoms. The Morgan fingerprint density at radius 3 is 2.30 bits per heavy atom. The largest absolute Gasteiger partial charge is 0.497 e. The molecule has 0 aliphatic carbocycles. The highest BCUT2D eigenvalue weighted by molar-refractivity contribution is 6.10. The van der Waals surface area contributed by atoms with Crippen LogP contribution in [0, 0.1) is 0 Å². The van der Waals surface area contributed by atoms with E-state index in [0.29, 0.717) is 11.3 Å². The molecule has 5 heteroatoms. The highest BCUT2D eigenvalue weighted by Crippen LogP contribution is 2.19. The van der Waals surface area contributed by atoms with E-state index in [4.69, 9.17) is 9.47 Å². The van der Waals surface area contributed by atoms with Crippen LogP contribution in [0.25, 0.3) is 16.8 Å². The standard InChI is InChI=1S/C22H19NO4/c1-26-17-12-10-15(11-13-17)14-20(22(25)27-2)23-21(24)19-9-5-7-16-6-3-4-8-18(16)19/h3-14H,1-2H3,(H,23,24). The quantitative estimate of drug-likeness (QED) is 0.555. The second-order valence-electron chi connectivity index (χ2n) is 5.80. The van der Waals surface area contributed by atoms with Crippen molar-refractivity contribution in [3.05, 3.63) is 83.6 Å². The van der Waals surface area contributed by atoms with Crippen LogP contribution >= 0.6 is 0 Å². The van der Waals surface area contributed by atoms with Gasteiger partial charge >= 0.3 is 5.97 Å². The maximum atomic E-state index is 12.8. The number of benzene rings is 3. The molecule has 0 fully saturated rings. The Morgan fingerprint density at radius 2 is 1.59 bits per heavy atom. The average Bonchev–Trinajstić information content (AvgIpc) is 2.72. The van der Waals surface area contributed by atoms with Gasteiger partial charge in [-0.1, -0.05) is 48.5 Å². The lowest BCUT2D eigenvalue weighted by Gasteiger charge is -2.10. The zero-order chi connectivity index (χ0) is 19.2. The zero-order valence-corrected chi connectivity index (χ0v) is 15.1. The molecule has 27 heavy (non-hydrogen) atoms. The van der Waals surface area contributed by atoms with Crippen LogP contribution in [0.15, 0.2) is 72.4 Å². The van der Waals surface area contributed by atoms with Gasteiger partial charge in [0, 0.05) is 5.56 Å². The van der Waals surface area contributed by atoms with Gasteiger partial charge < -0.3 is 14.8 Å². The van der Waals surface area contributed by atoms with Gasteiger partial charge in [0.2, 0.25) is 0 Å².